The molecule has 2 heterocycles. The average molecular weight is 584 g/mol. The predicted octanol–water partition coefficient (Wildman–Crippen LogP) is 5.97. The maximum Gasteiger partial charge on any atom is 0.313 e. The van der Waals surface area contributed by atoms with Crippen molar-refractivity contribution in [2.75, 3.05) is 24.1 Å². The third-order valence-corrected chi connectivity index (χ3v) is 6.45. The van der Waals surface area contributed by atoms with Crippen LogP contribution in [0.4, 0.5) is 20.5 Å². The number of hydrogen-bond donors (Lipinski definition) is 3. The van der Waals surface area contributed by atoms with Crippen LogP contribution in [0.25, 0.3) is 39.9 Å². The molecule has 204 valence electrons. The van der Waals surface area contributed by atoms with Crippen molar-refractivity contribution in [3.05, 3.63) is 82.3 Å². The van der Waals surface area contributed by atoms with Crippen LogP contribution in [0.15, 0.2) is 65.1 Å². The Kier molecular flexibility index (Phi) is 7.67. The lowest BCUT2D eigenvalue weighted by Crippen LogP contribution is -2.26. The topological polar surface area (TPSA) is 124 Å². The summed E-state index contributed by atoms with van der Waals surface area (Å²) >= 11 is 12.3. The highest BCUT2D eigenvalue weighted by Gasteiger charge is 2.28. The first-order valence-corrected chi connectivity index (χ1v) is 12.7. The standard InChI is InChI=1S/C27H21Cl2F2N7O2/c1-14(39)33-11-12-34-20-7-3-2-5-16(20)25-35-23(26-36-37-27(32)40-26)24(15-9-10-19(30)18(29)13-15)38(25)21-8-4-6-17(28)22(21)31/h2-10,13,34H,11-12H2,1H3,(H2,32,37)(H,33,39). The molecule has 1 amide bonds. The molecule has 0 aliphatic carbocycles. The molecule has 0 saturated carbocycles. The minimum atomic E-state index is -0.718. The number of aromatic nitrogens is 4. The molecule has 0 spiro atoms. The molecule has 0 atom stereocenters. The van der Waals surface area contributed by atoms with Gasteiger partial charge in [0, 0.05) is 36.8 Å². The predicted molar refractivity (Wildman–Crippen MR) is 149 cm³/mol. The Labute approximate surface area is 236 Å². The summed E-state index contributed by atoms with van der Waals surface area (Å²) in [5.74, 6) is -1.29. The number of imidazole rings is 1. The number of anilines is 2. The van der Waals surface area contributed by atoms with Crippen molar-refractivity contribution in [1.29, 1.82) is 0 Å². The van der Waals surface area contributed by atoms with E-state index in [1.54, 1.807) is 18.2 Å². The molecule has 0 unspecified atom stereocenters. The van der Waals surface area contributed by atoms with Crippen molar-refractivity contribution < 1.29 is 18.0 Å². The van der Waals surface area contributed by atoms with Crippen LogP contribution in [-0.4, -0.2) is 38.7 Å². The zero-order chi connectivity index (χ0) is 28.4. The minimum absolute atomic E-state index is 0.0496. The molecular weight excluding hydrogens is 563 g/mol. The van der Waals surface area contributed by atoms with Gasteiger partial charge in [0.2, 0.25) is 5.91 Å². The second kappa shape index (κ2) is 11.3. The van der Waals surface area contributed by atoms with E-state index in [2.05, 4.69) is 20.8 Å². The van der Waals surface area contributed by atoms with E-state index in [0.29, 0.717) is 29.9 Å². The number of benzene rings is 3. The van der Waals surface area contributed by atoms with Crippen molar-refractivity contribution in [2.45, 2.75) is 6.92 Å². The summed E-state index contributed by atoms with van der Waals surface area (Å²) in [6, 6.07) is 15.6. The van der Waals surface area contributed by atoms with Crippen LogP contribution in [0.3, 0.4) is 0 Å². The van der Waals surface area contributed by atoms with Gasteiger partial charge in [-0.15, -0.1) is 5.10 Å². The lowest BCUT2D eigenvalue weighted by atomic mass is 10.1. The van der Waals surface area contributed by atoms with Gasteiger partial charge in [-0.2, -0.15) is 0 Å². The fourth-order valence-electron chi connectivity index (χ4n) is 4.16. The fourth-order valence-corrected chi connectivity index (χ4v) is 4.51. The van der Waals surface area contributed by atoms with Crippen molar-refractivity contribution in [2.24, 2.45) is 0 Å². The largest absolute Gasteiger partial charge is 0.402 e. The van der Waals surface area contributed by atoms with E-state index in [0.717, 1.165) is 0 Å². The van der Waals surface area contributed by atoms with Crippen molar-refractivity contribution in [3.8, 4) is 39.9 Å². The molecule has 0 bridgehead atoms. The lowest BCUT2D eigenvalue weighted by molar-refractivity contribution is -0.118. The summed E-state index contributed by atoms with van der Waals surface area (Å²) in [5.41, 5.74) is 7.77. The Hall–Kier alpha value is -4.48. The number of carbonyl (C=O) groups is 1. The van der Waals surface area contributed by atoms with E-state index in [1.165, 1.54) is 41.8 Å². The number of para-hydroxylation sites is 1. The van der Waals surface area contributed by atoms with E-state index in [4.69, 9.17) is 38.3 Å². The third-order valence-electron chi connectivity index (χ3n) is 5.87. The summed E-state index contributed by atoms with van der Waals surface area (Å²) in [6.45, 7) is 2.20. The van der Waals surface area contributed by atoms with E-state index in [1.807, 2.05) is 12.1 Å². The van der Waals surface area contributed by atoms with Crippen LogP contribution in [0, 0.1) is 11.6 Å². The van der Waals surface area contributed by atoms with Gasteiger partial charge in [0.1, 0.15) is 11.6 Å². The van der Waals surface area contributed by atoms with Gasteiger partial charge in [-0.05, 0) is 42.5 Å². The smallest absolute Gasteiger partial charge is 0.313 e. The average Bonchev–Trinajstić information content (AvgIpc) is 3.54. The highest BCUT2D eigenvalue weighted by molar-refractivity contribution is 6.31. The summed E-state index contributed by atoms with van der Waals surface area (Å²) < 4.78 is 36.9. The van der Waals surface area contributed by atoms with Gasteiger partial charge in [-0.3, -0.25) is 9.36 Å². The first kappa shape index (κ1) is 27.1. The van der Waals surface area contributed by atoms with Crippen LogP contribution in [0.5, 0.6) is 0 Å². The van der Waals surface area contributed by atoms with Crippen LogP contribution in [-0.2, 0) is 4.79 Å². The van der Waals surface area contributed by atoms with Gasteiger partial charge in [0.25, 0.3) is 5.89 Å². The number of nitrogens with two attached hydrogens (primary N) is 1. The third kappa shape index (κ3) is 5.33. The van der Waals surface area contributed by atoms with Gasteiger partial charge in [0.05, 0.1) is 21.4 Å². The fraction of sp³-hybridized carbons (Fsp3) is 0.111. The molecule has 0 aliphatic rings. The highest BCUT2D eigenvalue weighted by Crippen LogP contribution is 2.42. The molecule has 13 heteroatoms. The summed E-state index contributed by atoms with van der Waals surface area (Å²) in [4.78, 5) is 16.1. The number of halogens is 4. The summed E-state index contributed by atoms with van der Waals surface area (Å²) in [5, 5.41) is 13.5. The van der Waals surface area contributed by atoms with E-state index in [9.17, 15) is 9.18 Å². The molecule has 2 aromatic heterocycles. The molecule has 0 aliphatic heterocycles. The Bertz CT molecular complexity index is 1720. The Morgan fingerprint density at radius 1 is 1.02 bits per heavy atom. The normalized spacial score (nSPS) is 11.0. The van der Waals surface area contributed by atoms with Crippen LogP contribution in [0.1, 0.15) is 6.92 Å². The number of nitrogens with zero attached hydrogens (tertiary/aromatic N) is 4. The maximum absolute atomic E-state index is 15.7. The first-order valence-electron chi connectivity index (χ1n) is 11.9. The molecule has 5 rings (SSSR count). The number of nitrogens with one attached hydrogen (secondary N) is 2. The quantitative estimate of drug-likeness (QED) is 0.192. The maximum atomic E-state index is 15.7. The van der Waals surface area contributed by atoms with Gasteiger partial charge < -0.3 is 20.8 Å². The lowest BCUT2D eigenvalue weighted by Gasteiger charge is -2.17. The van der Waals surface area contributed by atoms with Crippen molar-refractivity contribution >= 4 is 40.8 Å². The Morgan fingerprint density at radius 2 is 1.82 bits per heavy atom. The van der Waals surface area contributed by atoms with E-state index < -0.39 is 11.6 Å². The van der Waals surface area contributed by atoms with Crippen molar-refractivity contribution in [1.82, 2.24) is 25.1 Å². The molecule has 40 heavy (non-hydrogen) atoms. The van der Waals surface area contributed by atoms with Gasteiger partial charge in [0.15, 0.2) is 11.5 Å². The van der Waals surface area contributed by atoms with Crippen LogP contribution < -0.4 is 16.4 Å². The van der Waals surface area contributed by atoms with E-state index >= 15 is 4.39 Å². The summed E-state index contributed by atoms with van der Waals surface area (Å²) in [7, 11) is 0. The van der Waals surface area contributed by atoms with Gasteiger partial charge in [-0.25, -0.2) is 13.8 Å². The number of rotatable bonds is 8. The zero-order valence-corrected chi connectivity index (χ0v) is 22.4. The van der Waals surface area contributed by atoms with Crippen molar-refractivity contribution in [3.63, 3.8) is 0 Å². The molecule has 0 fully saturated rings. The van der Waals surface area contributed by atoms with E-state index in [-0.39, 0.29) is 50.8 Å². The molecule has 0 radical (unpaired) electrons. The number of nitrogen functional groups attached to an aromatic ring is 1. The number of hydrogen-bond acceptors (Lipinski definition) is 7. The zero-order valence-electron chi connectivity index (χ0n) is 20.9. The molecule has 0 saturated heterocycles. The molecule has 4 N–H and O–H groups in total. The number of carbonyl (C=O) groups excluding carboxylic acids is 1. The van der Waals surface area contributed by atoms with Crippen LogP contribution in [0.2, 0.25) is 10.0 Å². The number of amides is 1. The van der Waals surface area contributed by atoms with Gasteiger partial charge in [-0.1, -0.05) is 46.5 Å². The molecule has 5 aromatic rings. The SMILES string of the molecule is CC(=O)NCCNc1ccccc1-c1nc(-c2nnc(N)o2)c(-c2ccc(F)c(Cl)c2)n1-c1cccc(Cl)c1F. The van der Waals surface area contributed by atoms with Crippen LogP contribution >= 0.6 is 23.2 Å². The second-order valence-corrected chi connectivity index (χ2v) is 9.39. The Morgan fingerprint density at radius 3 is 2.55 bits per heavy atom. The highest BCUT2D eigenvalue weighted by atomic mass is 35.5. The summed E-state index contributed by atoms with van der Waals surface area (Å²) in [6.07, 6.45) is 0. The second-order valence-electron chi connectivity index (χ2n) is 8.57. The first-order chi connectivity index (χ1) is 19.2. The molecular formula is C27H21Cl2F2N7O2. The monoisotopic (exact) mass is 583 g/mol. The minimum Gasteiger partial charge on any atom is -0.402 e. The molecule has 9 nitrogen and oxygen atoms in total. The Balaban J connectivity index is 1.81. The van der Waals surface area contributed by atoms with Gasteiger partial charge >= 0.3 is 6.01 Å². The molecule has 3 aromatic carbocycles.